The highest BCUT2D eigenvalue weighted by atomic mass is 19.4. The fourth-order valence-corrected chi connectivity index (χ4v) is 2.67. The summed E-state index contributed by atoms with van der Waals surface area (Å²) in [5.41, 5.74) is 0.116. The number of hydrogen-bond acceptors (Lipinski definition) is 5. The molecule has 1 heterocycles. The zero-order chi connectivity index (χ0) is 20.9. The molecule has 0 spiro atoms. The maximum atomic E-state index is 13.0. The van der Waals surface area contributed by atoms with Crippen LogP contribution in [0, 0.1) is 0 Å². The predicted molar refractivity (Wildman–Crippen MR) is 100 cm³/mol. The molecular weight excluding hydrogens is 389 g/mol. The largest absolute Gasteiger partial charge is 0.491 e. The number of ether oxygens (including phenoxy) is 3. The van der Waals surface area contributed by atoms with Crippen molar-refractivity contribution < 1.29 is 32.2 Å². The third-order valence-electron chi connectivity index (χ3n) is 4.13. The summed E-state index contributed by atoms with van der Waals surface area (Å²) in [4.78, 5) is 12.1. The Bertz CT molecular complexity index is 871. The third kappa shape index (κ3) is 5.46. The van der Waals surface area contributed by atoms with E-state index in [1.807, 2.05) is 6.92 Å². The summed E-state index contributed by atoms with van der Waals surface area (Å²) in [6.07, 6.45) is -3.78. The van der Waals surface area contributed by atoms with Crippen molar-refractivity contribution in [2.45, 2.75) is 26.1 Å². The quantitative estimate of drug-likeness (QED) is 0.690. The number of halogens is 3. The Hall–Kier alpha value is -3.10. The molecule has 0 bridgehead atoms. The molecule has 0 aliphatic carbocycles. The first-order valence-electron chi connectivity index (χ1n) is 9.10. The Morgan fingerprint density at radius 1 is 1.14 bits per heavy atom. The van der Waals surface area contributed by atoms with Crippen LogP contribution in [0.2, 0.25) is 0 Å². The first-order valence-corrected chi connectivity index (χ1v) is 9.10. The molecule has 1 aliphatic heterocycles. The number of hydrogen-bond donors (Lipinski definition) is 2. The zero-order valence-electron chi connectivity index (χ0n) is 15.8. The Labute approximate surface area is 166 Å². The molecule has 2 aromatic rings. The van der Waals surface area contributed by atoms with Gasteiger partial charge in [0.15, 0.2) is 11.5 Å². The lowest BCUT2D eigenvalue weighted by atomic mass is 10.1. The fourth-order valence-electron chi connectivity index (χ4n) is 2.67. The number of nitrogens with one attached hydrogen (secondary N) is 2. The van der Waals surface area contributed by atoms with Crippen molar-refractivity contribution in [2.75, 3.05) is 25.3 Å². The van der Waals surface area contributed by atoms with E-state index in [1.54, 1.807) is 18.2 Å². The van der Waals surface area contributed by atoms with Gasteiger partial charge in [-0.25, -0.2) is 0 Å². The Balaban J connectivity index is 1.59. The fraction of sp³-hybridized carbons (Fsp3) is 0.350. The van der Waals surface area contributed by atoms with Crippen LogP contribution >= 0.6 is 0 Å². The lowest BCUT2D eigenvalue weighted by Gasteiger charge is -2.16. The van der Waals surface area contributed by atoms with Crippen molar-refractivity contribution in [3.05, 3.63) is 47.5 Å². The zero-order valence-corrected chi connectivity index (χ0v) is 15.8. The monoisotopic (exact) mass is 410 g/mol. The van der Waals surface area contributed by atoms with Crippen LogP contribution in [0.4, 0.5) is 18.9 Å². The molecule has 156 valence electrons. The third-order valence-corrected chi connectivity index (χ3v) is 4.13. The molecule has 0 unspecified atom stereocenters. The standard InChI is InChI=1S/C20H21F3N2O4/c1-2-7-27-16-6-4-14(20(21,22)23)9-15(16)24-11-19(26)25-10-13-3-5-17-18(8-13)29-12-28-17/h3-6,8-9,24H,2,7,10-12H2,1H3,(H,25,26). The van der Waals surface area contributed by atoms with Crippen LogP contribution in [0.25, 0.3) is 0 Å². The van der Waals surface area contributed by atoms with Crippen LogP contribution in [0.3, 0.4) is 0 Å². The van der Waals surface area contributed by atoms with Gasteiger partial charge in [-0.15, -0.1) is 0 Å². The summed E-state index contributed by atoms with van der Waals surface area (Å²) in [5.74, 6) is 1.15. The van der Waals surface area contributed by atoms with Crippen LogP contribution < -0.4 is 24.8 Å². The molecule has 0 saturated heterocycles. The van der Waals surface area contributed by atoms with Gasteiger partial charge in [-0.3, -0.25) is 4.79 Å². The summed E-state index contributed by atoms with van der Waals surface area (Å²) in [6.45, 7) is 2.46. The molecular formula is C20H21F3N2O4. The summed E-state index contributed by atoms with van der Waals surface area (Å²) >= 11 is 0. The van der Waals surface area contributed by atoms with Crippen LogP contribution in [0.5, 0.6) is 17.2 Å². The summed E-state index contributed by atoms with van der Waals surface area (Å²) < 4.78 is 54.9. The minimum Gasteiger partial charge on any atom is -0.491 e. The molecule has 0 atom stereocenters. The lowest BCUT2D eigenvalue weighted by molar-refractivity contribution is -0.137. The van der Waals surface area contributed by atoms with Gasteiger partial charge in [0.2, 0.25) is 12.7 Å². The molecule has 0 saturated carbocycles. The van der Waals surface area contributed by atoms with Gasteiger partial charge in [0.1, 0.15) is 5.75 Å². The van der Waals surface area contributed by atoms with Crippen molar-refractivity contribution in [2.24, 2.45) is 0 Å². The maximum Gasteiger partial charge on any atom is 0.416 e. The molecule has 0 aromatic heterocycles. The first-order chi connectivity index (χ1) is 13.9. The molecule has 0 radical (unpaired) electrons. The second kappa shape index (κ2) is 8.93. The van der Waals surface area contributed by atoms with Gasteiger partial charge in [-0.05, 0) is 42.3 Å². The number of amides is 1. The van der Waals surface area contributed by atoms with Gasteiger partial charge in [-0.2, -0.15) is 13.2 Å². The first kappa shape index (κ1) is 20.6. The van der Waals surface area contributed by atoms with E-state index >= 15 is 0 Å². The number of alkyl halides is 3. The second-order valence-corrected chi connectivity index (χ2v) is 6.38. The van der Waals surface area contributed by atoms with E-state index in [2.05, 4.69) is 10.6 Å². The molecule has 2 aromatic carbocycles. The van der Waals surface area contributed by atoms with E-state index in [-0.39, 0.29) is 37.2 Å². The van der Waals surface area contributed by atoms with Gasteiger partial charge >= 0.3 is 6.18 Å². The van der Waals surface area contributed by atoms with E-state index in [0.29, 0.717) is 24.5 Å². The highest BCUT2D eigenvalue weighted by Gasteiger charge is 2.31. The molecule has 1 amide bonds. The number of fused-ring (bicyclic) bond motifs is 1. The van der Waals surface area contributed by atoms with E-state index in [4.69, 9.17) is 14.2 Å². The number of rotatable bonds is 8. The van der Waals surface area contributed by atoms with Gasteiger partial charge in [0.05, 0.1) is 24.4 Å². The van der Waals surface area contributed by atoms with Crippen molar-refractivity contribution in [3.63, 3.8) is 0 Å². The molecule has 6 nitrogen and oxygen atoms in total. The number of carbonyl (C=O) groups is 1. The highest BCUT2D eigenvalue weighted by Crippen LogP contribution is 2.35. The average Bonchev–Trinajstić information content (AvgIpc) is 3.16. The molecule has 9 heteroatoms. The van der Waals surface area contributed by atoms with Crippen molar-refractivity contribution in [1.82, 2.24) is 5.32 Å². The average molecular weight is 410 g/mol. The molecule has 0 fully saturated rings. The van der Waals surface area contributed by atoms with E-state index in [0.717, 1.165) is 17.7 Å². The van der Waals surface area contributed by atoms with E-state index < -0.39 is 11.7 Å². The molecule has 2 N–H and O–H groups in total. The Morgan fingerprint density at radius 2 is 1.93 bits per heavy atom. The number of benzene rings is 2. The van der Waals surface area contributed by atoms with Crippen LogP contribution in [0.15, 0.2) is 36.4 Å². The van der Waals surface area contributed by atoms with Crippen LogP contribution in [-0.4, -0.2) is 25.9 Å². The van der Waals surface area contributed by atoms with Crippen molar-refractivity contribution in [3.8, 4) is 17.2 Å². The van der Waals surface area contributed by atoms with Crippen molar-refractivity contribution >= 4 is 11.6 Å². The Morgan fingerprint density at radius 3 is 2.69 bits per heavy atom. The van der Waals surface area contributed by atoms with Gasteiger partial charge in [-0.1, -0.05) is 13.0 Å². The maximum absolute atomic E-state index is 13.0. The highest BCUT2D eigenvalue weighted by molar-refractivity contribution is 5.81. The van der Waals surface area contributed by atoms with Crippen molar-refractivity contribution in [1.29, 1.82) is 0 Å². The molecule has 1 aliphatic rings. The number of carbonyl (C=O) groups excluding carboxylic acids is 1. The van der Waals surface area contributed by atoms with Gasteiger partial charge < -0.3 is 24.8 Å². The minimum absolute atomic E-state index is 0.117. The smallest absolute Gasteiger partial charge is 0.416 e. The predicted octanol–water partition coefficient (Wildman–Crippen LogP) is 3.95. The van der Waals surface area contributed by atoms with Crippen LogP contribution in [0.1, 0.15) is 24.5 Å². The normalized spacial score (nSPS) is 12.6. The summed E-state index contributed by atoms with van der Waals surface area (Å²) in [7, 11) is 0. The van der Waals surface area contributed by atoms with Gasteiger partial charge in [0.25, 0.3) is 0 Å². The van der Waals surface area contributed by atoms with E-state index in [9.17, 15) is 18.0 Å². The number of anilines is 1. The van der Waals surface area contributed by atoms with Gasteiger partial charge in [0, 0.05) is 6.54 Å². The second-order valence-electron chi connectivity index (χ2n) is 6.38. The topological polar surface area (TPSA) is 68.8 Å². The summed E-state index contributed by atoms with van der Waals surface area (Å²) in [5, 5.41) is 5.44. The van der Waals surface area contributed by atoms with Crippen LogP contribution in [-0.2, 0) is 17.5 Å². The Kier molecular flexibility index (Phi) is 6.36. The minimum atomic E-state index is -4.48. The molecule has 3 rings (SSSR count). The summed E-state index contributed by atoms with van der Waals surface area (Å²) in [6, 6.07) is 8.46. The van der Waals surface area contributed by atoms with E-state index in [1.165, 1.54) is 6.07 Å². The SMILES string of the molecule is CCCOc1ccc(C(F)(F)F)cc1NCC(=O)NCc1ccc2c(c1)OCO2. The molecule has 29 heavy (non-hydrogen) atoms. The lowest BCUT2D eigenvalue weighted by Crippen LogP contribution is -2.29.